The summed E-state index contributed by atoms with van der Waals surface area (Å²) in [6.45, 7) is 14.5. The average Bonchev–Trinajstić information content (AvgIpc) is 3.52. The highest BCUT2D eigenvalue weighted by atomic mass is 79.9. The van der Waals surface area contributed by atoms with E-state index in [1.54, 1.807) is 21.5 Å². The second kappa shape index (κ2) is 15.2. The SMILES string of the molecule is C#C[Si](C)(C)C.C[Si](C)(C)C#Cc1ccc2c(c1)c(F)nn2C1CCCCO1.Fc1nn(C2CCCCO2)c2ccc(Br)cc12. The molecule has 45 heavy (non-hydrogen) atoms. The molecule has 0 radical (unpaired) electrons. The number of nitrogens with zero attached hydrogens (tertiary/aromatic N) is 4. The van der Waals surface area contributed by atoms with Crippen LogP contribution in [0.4, 0.5) is 8.78 Å². The number of benzene rings is 2. The van der Waals surface area contributed by atoms with E-state index in [2.05, 4.69) is 82.4 Å². The molecule has 0 aliphatic carbocycles. The van der Waals surface area contributed by atoms with E-state index in [4.69, 9.17) is 15.9 Å². The van der Waals surface area contributed by atoms with Crippen molar-refractivity contribution >= 4 is 53.9 Å². The fourth-order valence-corrected chi connectivity index (χ4v) is 5.67. The predicted molar refractivity (Wildman–Crippen MR) is 187 cm³/mol. The third-order valence-corrected chi connectivity index (χ3v) is 9.39. The Morgan fingerprint density at radius 2 is 1.27 bits per heavy atom. The van der Waals surface area contributed by atoms with E-state index in [1.165, 1.54) is 0 Å². The molecule has 0 spiro atoms. The number of hydrogen-bond acceptors (Lipinski definition) is 4. The number of halogens is 3. The van der Waals surface area contributed by atoms with Crippen molar-refractivity contribution in [2.24, 2.45) is 0 Å². The summed E-state index contributed by atoms with van der Waals surface area (Å²) >= 11 is 3.34. The lowest BCUT2D eigenvalue weighted by molar-refractivity contribution is -0.0376. The molecule has 4 aromatic rings. The van der Waals surface area contributed by atoms with Crippen molar-refractivity contribution in [2.75, 3.05) is 13.2 Å². The van der Waals surface area contributed by atoms with Gasteiger partial charge in [0.1, 0.15) is 16.1 Å². The van der Waals surface area contributed by atoms with Crippen LogP contribution in [0.25, 0.3) is 21.8 Å². The number of hydrogen-bond donors (Lipinski definition) is 0. The van der Waals surface area contributed by atoms with Crippen molar-refractivity contribution in [1.29, 1.82) is 0 Å². The lowest BCUT2D eigenvalue weighted by atomic mass is 10.1. The molecule has 0 saturated carbocycles. The Hall–Kier alpha value is -2.81. The van der Waals surface area contributed by atoms with Gasteiger partial charge in [0.15, 0.2) is 12.5 Å². The number of terminal acetylenes is 1. The Morgan fingerprint density at radius 3 is 1.71 bits per heavy atom. The number of rotatable bonds is 2. The molecule has 0 N–H and O–H groups in total. The molecule has 2 fully saturated rings. The zero-order chi connectivity index (χ0) is 32.8. The van der Waals surface area contributed by atoms with Crippen molar-refractivity contribution in [2.45, 2.75) is 90.3 Å². The number of ether oxygens (including phenoxy) is 2. The van der Waals surface area contributed by atoms with Crippen molar-refractivity contribution in [3.63, 3.8) is 0 Å². The first-order valence-electron chi connectivity index (χ1n) is 15.5. The topological polar surface area (TPSA) is 54.1 Å². The summed E-state index contributed by atoms with van der Waals surface area (Å²) in [7, 11) is -2.54. The molecule has 2 saturated heterocycles. The van der Waals surface area contributed by atoms with Gasteiger partial charge in [-0.3, -0.25) is 0 Å². The third kappa shape index (κ3) is 9.84. The second-order valence-electron chi connectivity index (χ2n) is 13.4. The minimum absolute atomic E-state index is 0.128. The molecule has 2 atom stereocenters. The van der Waals surface area contributed by atoms with E-state index in [-0.39, 0.29) is 12.5 Å². The summed E-state index contributed by atoms with van der Waals surface area (Å²) < 4.78 is 43.5. The maximum absolute atomic E-state index is 14.2. The fraction of sp³-hybridized carbons (Fsp3) is 0.471. The van der Waals surface area contributed by atoms with Crippen LogP contribution in [-0.4, -0.2) is 48.9 Å². The summed E-state index contributed by atoms with van der Waals surface area (Å²) in [5.74, 6) is 2.29. The van der Waals surface area contributed by atoms with Crippen LogP contribution < -0.4 is 0 Å². The van der Waals surface area contributed by atoms with E-state index < -0.39 is 28.0 Å². The quantitative estimate of drug-likeness (QED) is 0.154. The molecule has 2 unspecified atom stereocenters. The highest BCUT2D eigenvalue weighted by Gasteiger charge is 2.22. The van der Waals surface area contributed by atoms with Gasteiger partial charge >= 0.3 is 0 Å². The molecule has 6 nitrogen and oxygen atoms in total. The second-order valence-corrected chi connectivity index (χ2v) is 23.9. The molecular weight excluding hydrogens is 670 g/mol. The molecule has 2 aliphatic rings. The van der Waals surface area contributed by atoms with Gasteiger partial charge in [-0.2, -0.15) is 8.78 Å². The van der Waals surface area contributed by atoms with Gasteiger partial charge in [0.2, 0.25) is 11.9 Å². The minimum atomic E-state index is -1.44. The van der Waals surface area contributed by atoms with Crippen LogP contribution in [0, 0.1) is 35.3 Å². The maximum atomic E-state index is 14.2. The summed E-state index contributed by atoms with van der Waals surface area (Å²) in [6.07, 6.45) is 10.9. The zero-order valence-electron chi connectivity index (χ0n) is 27.1. The third-order valence-electron chi connectivity index (χ3n) is 7.16. The van der Waals surface area contributed by atoms with Gasteiger partial charge in [-0.1, -0.05) is 61.1 Å². The number of fused-ring (bicyclic) bond motifs is 2. The first-order valence-corrected chi connectivity index (χ1v) is 23.3. The Bertz CT molecular complexity index is 1710. The Labute approximate surface area is 276 Å². The van der Waals surface area contributed by atoms with Crippen LogP contribution in [0.5, 0.6) is 0 Å². The molecule has 4 heterocycles. The van der Waals surface area contributed by atoms with Crippen LogP contribution >= 0.6 is 15.9 Å². The van der Waals surface area contributed by atoms with Crippen LogP contribution in [-0.2, 0) is 9.47 Å². The summed E-state index contributed by atoms with van der Waals surface area (Å²) in [5.41, 5.74) is 8.47. The molecule has 240 valence electrons. The van der Waals surface area contributed by atoms with Crippen molar-refractivity contribution in [3.8, 4) is 23.4 Å². The van der Waals surface area contributed by atoms with Gasteiger partial charge < -0.3 is 9.47 Å². The first kappa shape index (κ1) is 35.1. The van der Waals surface area contributed by atoms with Gasteiger partial charge in [0.05, 0.1) is 21.8 Å². The minimum Gasteiger partial charge on any atom is -0.356 e. The molecule has 6 rings (SSSR count). The molecule has 2 aliphatic heterocycles. The average molecular weight is 714 g/mol. The van der Waals surface area contributed by atoms with Gasteiger partial charge in [0.25, 0.3) is 0 Å². The normalized spacial score (nSPS) is 18.6. The summed E-state index contributed by atoms with van der Waals surface area (Å²) in [4.78, 5) is 0. The highest BCUT2D eigenvalue weighted by Crippen LogP contribution is 2.30. The largest absolute Gasteiger partial charge is 0.356 e. The summed E-state index contributed by atoms with van der Waals surface area (Å²) in [5, 5.41) is 9.07. The lowest BCUT2D eigenvalue weighted by Crippen LogP contribution is -2.19. The van der Waals surface area contributed by atoms with E-state index in [1.807, 2.05) is 24.3 Å². The van der Waals surface area contributed by atoms with Crippen molar-refractivity contribution in [3.05, 3.63) is 58.3 Å². The lowest BCUT2D eigenvalue weighted by Gasteiger charge is -2.23. The molecule has 0 amide bonds. The predicted octanol–water partition coefficient (Wildman–Crippen LogP) is 9.24. The Balaban J connectivity index is 0.000000178. The van der Waals surface area contributed by atoms with E-state index >= 15 is 0 Å². The molecule has 0 bridgehead atoms. The van der Waals surface area contributed by atoms with E-state index in [0.29, 0.717) is 17.4 Å². The fourth-order valence-electron chi connectivity index (χ4n) is 4.79. The van der Waals surface area contributed by atoms with Gasteiger partial charge in [-0.25, -0.2) is 9.36 Å². The number of aromatic nitrogens is 4. The Morgan fingerprint density at radius 1 is 0.778 bits per heavy atom. The molecule has 2 aromatic heterocycles. The molecule has 11 heteroatoms. The highest BCUT2D eigenvalue weighted by molar-refractivity contribution is 9.10. The molecule has 2 aromatic carbocycles. The summed E-state index contributed by atoms with van der Waals surface area (Å²) in [6, 6.07) is 11.1. The van der Waals surface area contributed by atoms with Gasteiger partial charge in [-0.05, 0) is 74.9 Å². The first-order chi connectivity index (χ1) is 21.3. The monoisotopic (exact) mass is 712 g/mol. The van der Waals surface area contributed by atoms with E-state index in [9.17, 15) is 8.78 Å². The standard InChI is InChI=1S/C17H21FN2OSi.C12H12BrFN2O.C5H10Si/c1-22(2,3)11-9-13-7-8-15-14(12-13)17(18)19-20(15)16-6-4-5-10-21-16;13-8-4-5-10-9(7-8)12(14)15-16(10)11-3-1-2-6-17-11;1-5-6(2,3)4/h7-8,12,16H,4-6,10H2,1-3H3;4-5,7,11H,1-3,6H2;1H,2-4H3. The molecular formula is C34H43BrF2N4O2Si2. The van der Waals surface area contributed by atoms with E-state index in [0.717, 1.165) is 66.2 Å². The van der Waals surface area contributed by atoms with Crippen LogP contribution in [0.15, 0.2) is 40.9 Å². The zero-order valence-corrected chi connectivity index (χ0v) is 30.7. The van der Waals surface area contributed by atoms with Crippen molar-refractivity contribution < 1.29 is 18.3 Å². The van der Waals surface area contributed by atoms with Gasteiger partial charge in [0, 0.05) is 23.2 Å². The van der Waals surface area contributed by atoms with Crippen LogP contribution in [0.2, 0.25) is 39.3 Å². The van der Waals surface area contributed by atoms with Crippen LogP contribution in [0.1, 0.15) is 56.5 Å². The smallest absolute Gasteiger partial charge is 0.240 e. The van der Waals surface area contributed by atoms with Crippen LogP contribution in [0.3, 0.4) is 0 Å². The van der Waals surface area contributed by atoms with Crippen molar-refractivity contribution in [1.82, 2.24) is 19.6 Å². The van der Waals surface area contributed by atoms with Gasteiger partial charge in [-0.15, -0.1) is 27.7 Å². The Kier molecular flexibility index (Phi) is 11.8. The maximum Gasteiger partial charge on any atom is 0.240 e.